The van der Waals surface area contributed by atoms with Gasteiger partial charge in [-0.15, -0.1) is 0 Å². The normalized spacial score (nSPS) is 15.1. The number of rotatable bonds is 4. The molecule has 0 bridgehead atoms. The van der Waals surface area contributed by atoms with E-state index in [2.05, 4.69) is 25.4 Å². The van der Waals surface area contributed by atoms with Crippen LogP contribution in [0, 0.1) is 5.92 Å². The summed E-state index contributed by atoms with van der Waals surface area (Å²) in [6.45, 7) is 9.84. The van der Waals surface area contributed by atoms with Gasteiger partial charge in [0.2, 0.25) is 0 Å². The summed E-state index contributed by atoms with van der Waals surface area (Å²) >= 11 is 0. The lowest BCUT2D eigenvalue weighted by Crippen LogP contribution is -1.98. The molecule has 0 aliphatic rings. The molecular weight excluding hydrogens is 148 g/mol. The summed E-state index contributed by atoms with van der Waals surface area (Å²) < 4.78 is 0. The fourth-order valence-electron chi connectivity index (χ4n) is 0.608. The van der Waals surface area contributed by atoms with E-state index < -0.39 is 0 Å². The van der Waals surface area contributed by atoms with Crippen LogP contribution in [0.5, 0.6) is 0 Å². The van der Waals surface area contributed by atoms with Gasteiger partial charge in [0.1, 0.15) is 5.82 Å². The fourth-order valence-corrected chi connectivity index (χ4v) is 0.608. The molecule has 0 heterocycles. The quantitative estimate of drug-likeness (QED) is 0.505. The van der Waals surface area contributed by atoms with Crippen LogP contribution in [-0.2, 0) is 0 Å². The molecule has 2 heteroatoms. The second kappa shape index (κ2) is 5.58. The zero-order valence-electron chi connectivity index (χ0n) is 8.17. The maximum absolute atomic E-state index is 5.58. The molecule has 1 atom stereocenters. The highest BCUT2D eigenvalue weighted by Gasteiger charge is 1.91. The van der Waals surface area contributed by atoms with Crippen molar-refractivity contribution in [3.8, 4) is 0 Å². The van der Waals surface area contributed by atoms with E-state index in [9.17, 15) is 0 Å². The van der Waals surface area contributed by atoms with Crippen LogP contribution in [0.1, 0.15) is 27.2 Å². The average molecular weight is 166 g/mol. The molecule has 0 saturated heterocycles. The van der Waals surface area contributed by atoms with Gasteiger partial charge in [-0.2, -0.15) is 0 Å². The number of hydrogen-bond donors (Lipinski definition) is 1. The van der Waals surface area contributed by atoms with Crippen LogP contribution >= 0.6 is 0 Å². The molecule has 0 aliphatic carbocycles. The summed E-state index contributed by atoms with van der Waals surface area (Å²) in [5.74, 6) is 1.02. The van der Waals surface area contributed by atoms with Gasteiger partial charge in [0, 0.05) is 6.21 Å². The van der Waals surface area contributed by atoms with E-state index in [0.29, 0.717) is 11.7 Å². The standard InChI is InChI=1S/C10H18N2/c1-5-9(4)7-12-10(11)6-8(2)3/h6-7,9H,2,5,11H2,1,3-4H3/b10-6-,12-7?. The molecule has 0 fully saturated rings. The van der Waals surface area contributed by atoms with Crippen LogP contribution in [0.4, 0.5) is 0 Å². The van der Waals surface area contributed by atoms with Crippen molar-refractivity contribution in [2.24, 2.45) is 16.6 Å². The van der Waals surface area contributed by atoms with Crippen LogP contribution < -0.4 is 5.73 Å². The van der Waals surface area contributed by atoms with E-state index in [1.54, 1.807) is 6.08 Å². The largest absolute Gasteiger partial charge is 0.384 e. The van der Waals surface area contributed by atoms with Crippen LogP contribution in [0.2, 0.25) is 0 Å². The van der Waals surface area contributed by atoms with Gasteiger partial charge < -0.3 is 5.73 Å². The van der Waals surface area contributed by atoms with Gasteiger partial charge in [0.25, 0.3) is 0 Å². The van der Waals surface area contributed by atoms with E-state index in [-0.39, 0.29) is 0 Å². The molecule has 12 heavy (non-hydrogen) atoms. The van der Waals surface area contributed by atoms with Gasteiger partial charge in [0.05, 0.1) is 0 Å². The van der Waals surface area contributed by atoms with Crippen molar-refractivity contribution in [2.75, 3.05) is 0 Å². The molecule has 2 nitrogen and oxygen atoms in total. The lowest BCUT2D eigenvalue weighted by molar-refractivity contribution is 0.753. The highest BCUT2D eigenvalue weighted by molar-refractivity contribution is 5.61. The first-order valence-electron chi connectivity index (χ1n) is 4.23. The highest BCUT2D eigenvalue weighted by atomic mass is 14.9. The van der Waals surface area contributed by atoms with Crippen molar-refractivity contribution < 1.29 is 0 Å². The predicted molar refractivity (Wildman–Crippen MR) is 55.0 cm³/mol. The van der Waals surface area contributed by atoms with E-state index in [0.717, 1.165) is 12.0 Å². The first-order valence-corrected chi connectivity index (χ1v) is 4.23. The molecule has 0 amide bonds. The van der Waals surface area contributed by atoms with Crippen molar-refractivity contribution in [3.63, 3.8) is 0 Å². The molecule has 0 aromatic heterocycles. The summed E-state index contributed by atoms with van der Waals surface area (Å²) in [5.41, 5.74) is 6.50. The molecule has 0 aromatic carbocycles. The summed E-state index contributed by atoms with van der Waals surface area (Å²) in [4.78, 5) is 4.09. The maximum Gasteiger partial charge on any atom is 0.123 e. The zero-order chi connectivity index (χ0) is 9.56. The Morgan fingerprint density at radius 3 is 2.67 bits per heavy atom. The summed E-state index contributed by atoms with van der Waals surface area (Å²) in [7, 11) is 0. The minimum Gasteiger partial charge on any atom is -0.384 e. The Balaban J connectivity index is 4.07. The Kier molecular flexibility index (Phi) is 5.09. The van der Waals surface area contributed by atoms with Crippen molar-refractivity contribution in [1.29, 1.82) is 0 Å². The first-order chi connectivity index (χ1) is 5.56. The van der Waals surface area contributed by atoms with Gasteiger partial charge in [-0.1, -0.05) is 26.0 Å². The fraction of sp³-hybridized carbons (Fsp3) is 0.500. The second-order valence-corrected chi connectivity index (χ2v) is 3.08. The molecule has 1 unspecified atom stereocenters. The Morgan fingerprint density at radius 2 is 2.25 bits per heavy atom. The lowest BCUT2D eigenvalue weighted by Gasteiger charge is -1.98. The summed E-state index contributed by atoms with van der Waals surface area (Å²) in [6, 6.07) is 0. The van der Waals surface area contributed by atoms with Gasteiger partial charge in [-0.05, 0) is 25.3 Å². The molecule has 0 radical (unpaired) electrons. The lowest BCUT2D eigenvalue weighted by atomic mass is 10.1. The summed E-state index contributed by atoms with van der Waals surface area (Å²) in [5, 5.41) is 0. The minimum absolute atomic E-state index is 0.488. The molecule has 0 spiro atoms. The Hall–Kier alpha value is -1.05. The van der Waals surface area contributed by atoms with Gasteiger partial charge in [0.15, 0.2) is 0 Å². The monoisotopic (exact) mass is 166 g/mol. The number of aliphatic imine (C=N–C) groups is 1. The minimum atomic E-state index is 0.488. The molecule has 0 aliphatic heterocycles. The molecular formula is C10H18N2. The van der Waals surface area contributed by atoms with E-state index >= 15 is 0 Å². The Labute approximate surface area is 74.9 Å². The number of nitrogens with two attached hydrogens (primary N) is 1. The molecule has 0 aromatic rings. The average Bonchev–Trinajstić information content (AvgIpc) is 1.99. The third-order valence-electron chi connectivity index (χ3n) is 1.52. The second-order valence-electron chi connectivity index (χ2n) is 3.08. The number of allylic oxidation sites excluding steroid dienone is 2. The molecule has 0 saturated carbocycles. The van der Waals surface area contributed by atoms with Crippen LogP contribution in [0.25, 0.3) is 0 Å². The Bertz CT molecular complexity index is 202. The third-order valence-corrected chi connectivity index (χ3v) is 1.52. The van der Waals surface area contributed by atoms with E-state index in [1.165, 1.54) is 0 Å². The SMILES string of the molecule is C=C(C)/C=C(/N)N=CC(C)CC. The van der Waals surface area contributed by atoms with Gasteiger partial charge >= 0.3 is 0 Å². The van der Waals surface area contributed by atoms with E-state index in [1.807, 2.05) is 13.1 Å². The third kappa shape index (κ3) is 5.71. The topological polar surface area (TPSA) is 38.4 Å². The molecule has 2 N–H and O–H groups in total. The highest BCUT2D eigenvalue weighted by Crippen LogP contribution is 1.99. The van der Waals surface area contributed by atoms with Gasteiger partial charge in [-0.25, -0.2) is 4.99 Å². The predicted octanol–water partition coefficient (Wildman–Crippen LogP) is 2.48. The number of hydrogen-bond acceptors (Lipinski definition) is 2. The Morgan fingerprint density at radius 1 is 1.67 bits per heavy atom. The first kappa shape index (κ1) is 11.0. The van der Waals surface area contributed by atoms with Crippen LogP contribution in [0.3, 0.4) is 0 Å². The van der Waals surface area contributed by atoms with Crippen molar-refractivity contribution >= 4 is 6.21 Å². The molecule has 68 valence electrons. The maximum atomic E-state index is 5.58. The van der Waals surface area contributed by atoms with Crippen LogP contribution in [0.15, 0.2) is 29.0 Å². The molecule has 0 rings (SSSR count). The smallest absolute Gasteiger partial charge is 0.123 e. The van der Waals surface area contributed by atoms with Crippen LogP contribution in [-0.4, -0.2) is 6.21 Å². The summed E-state index contributed by atoms with van der Waals surface area (Å²) in [6.07, 6.45) is 4.72. The van der Waals surface area contributed by atoms with Crippen molar-refractivity contribution in [2.45, 2.75) is 27.2 Å². The van der Waals surface area contributed by atoms with Crippen molar-refractivity contribution in [3.05, 3.63) is 24.0 Å². The van der Waals surface area contributed by atoms with E-state index in [4.69, 9.17) is 5.73 Å². The number of nitrogens with zero attached hydrogens (tertiary/aromatic N) is 1. The van der Waals surface area contributed by atoms with Gasteiger partial charge in [-0.3, -0.25) is 0 Å². The zero-order valence-corrected chi connectivity index (χ0v) is 8.17. The van der Waals surface area contributed by atoms with Crippen molar-refractivity contribution in [1.82, 2.24) is 0 Å².